The molecule has 0 unspecified atom stereocenters. The Morgan fingerprint density at radius 3 is 2.56 bits per heavy atom. The minimum Gasteiger partial charge on any atom is -0.386 e. The van der Waals surface area contributed by atoms with Gasteiger partial charge in [-0.05, 0) is 75.1 Å². The van der Waals surface area contributed by atoms with Gasteiger partial charge in [0.1, 0.15) is 22.3 Å². The van der Waals surface area contributed by atoms with Crippen LogP contribution in [0.25, 0.3) is 28.1 Å². The highest BCUT2D eigenvalue weighted by atomic mass is 32.2. The van der Waals surface area contributed by atoms with Crippen molar-refractivity contribution in [1.29, 1.82) is 0 Å². The molecule has 1 N–H and O–H groups in total. The molecule has 0 atom stereocenters. The van der Waals surface area contributed by atoms with Gasteiger partial charge in [-0.3, -0.25) is 9.47 Å². The Morgan fingerprint density at radius 2 is 1.80 bits per heavy atom. The maximum atomic E-state index is 14.6. The molecule has 2 saturated heterocycles. The predicted octanol–water partition coefficient (Wildman–Crippen LogP) is 4.98. The quantitative estimate of drug-likeness (QED) is 0.292. The van der Waals surface area contributed by atoms with Crippen molar-refractivity contribution in [3.8, 4) is 17.1 Å². The molecule has 0 saturated carbocycles. The Bertz CT molecular complexity index is 1610. The van der Waals surface area contributed by atoms with Crippen molar-refractivity contribution >= 4 is 37.9 Å². The van der Waals surface area contributed by atoms with Crippen LogP contribution < -0.4 is 5.32 Å². The SMILES string of the molecule is CNc1ccc(-c2ccc3c(CCCN4CCS(=O)(=O)CC4)cn(-c4csc(CN5CCCCC5)n4)c3n2)cc1F. The molecule has 5 heterocycles. The molecule has 0 spiro atoms. The molecule has 11 heteroatoms. The third-order valence-corrected chi connectivity index (χ3v) is 10.7. The van der Waals surface area contributed by atoms with E-state index in [1.165, 1.54) is 30.9 Å². The molecule has 2 aliphatic rings. The number of thiazole rings is 1. The van der Waals surface area contributed by atoms with Gasteiger partial charge in [-0.25, -0.2) is 22.8 Å². The van der Waals surface area contributed by atoms with E-state index >= 15 is 0 Å². The predicted molar refractivity (Wildman–Crippen MR) is 164 cm³/mol. The fraction of sp³-hybridized carbons (Fsp3) is 0.467. The molecule has 0 aliphatic carbocycles. The van der Waals surface area contributed by atoms with E-state index < -0.39 is 9.84 Å². The van der Waals surface area contributed by atoms with Crippen LogP contribution in [0.4, 0.5) is 10.1 Å². The number of anilines is 1. The molecule has 41 heavy (non-hydrogen) atoms. The van der Waals surface area contributed by atoms with Crippen molar-refractivity contribution in [1.82, 2.24) is 24.3 Å². The summed E-state index contributed by atoms with van der Waals surface area (Å²) in [6, 6.07) is 9.19. The average Bonchev–Trinajstić information content (AvgIpc) is 3.58. The van der Waals surface area contributed by atoms with E-state index in [0.29, 0.717) is 24.5 Å². The molecule has 2 fully saturated rings. The number of benzene rings is 1. The summed E-state index contributed by atoms with van der Waals surface area (Å²) in [6.07, 6.45) is 7.73. The van der Waals surface area contributed by atoms with Gasteiger partial charge in [0, 0.05) is 42.7 Å². The minimum absolute atomic E-state index is 0.248. The smallest absolute Gasteiger partial charge is 0.152 e. The van der Waals surface area contributed by atoms with Crippen molar-refractivity contribution in [3.63, 3.8) is 0 Å². The number of aromatic nitrogens is 3. The van der Waals surface area contributed by atoms with Crippen LogP contribution in [-0.4, -0.2) is 84.0 Å². The van der Waals surface area contributed by atoms with Gasteiger partial charge in [0.25, 0.3) is 0 Å². The van der Waals surface area contributed by atoms with Gasteiger partial charge in [-0.15, -0.1) is 11.3 Å². The summed E-state index contributed by atoms with van der Waals surface area (Å²) in [7, 11) is -1.17. The van der Waals surface area contributed by atoms with Crippen molar-refractivity contribution in [3.05, 3.63) is 58.3 Å². The standard InChI is InChI=1S/C30H37FN6O2S2/c1-32-27-9-7-22(18-25(27)31)26-10-8-24-23(6-5-13-35-14-16-41(38,39)17-15-35)19-37(30(24)33-26)28-21-40-29(34-28)20-36-11-3-2-4-12-36/h7-10,18-19,21,32H,2-6,11-17,20H2,1H3. The van der Waals surface area contributed by atoms with E-state index in [1.54, 1.807) is 24.5 Å². The number of hydrogen-bond acceptors (Lipinski definition) is 8. The molecule has 8 nitrogen and oxygen atoms in total. The Balaban J connectivity index is 1.28. The number of rotatable bonds is 9. The van der Waals surface area contributed by atoms with Crippen molar-refractivity contribution < 1.29 is 12.8 Å². The van der Waals surface area contributed by atoms with Crippen molar-refractivity contribution in [2.75, 3.05) is 56.6 Å². The Hall–Kier alpha value is -2.86. The van der Waals surface area contributed by atoms with Crippen LogP contribution in [0.3, 0.4) is 0 Å². The maximum Gasteiger partial charge on any atom is 0.152 e. The summed E-state index contributed by atoms with van der Waals surface area (Å²) >= 11 is 1.69. The van der Waals surface area contributed by atoms with Crippen LogP contribution in [0.15, 0.2) is 41.9 Å². The van der Waals surface area contributed by atoms with E-state index in [9.17, 15) is 12.8 Å². The molecule has 6 rings (SSSR count). The first kappa shape index (κ1) is 28.3. The van der Waals surface area contributed by atoms with Crippen LogP contribution in [0.1, 0.15) is 36.3 Å². The molecule has 0 bridgehead atoms. The van der Waals surface area contributed by atoms with Crippen LogP contribution in [-0.2, 0) is 22.8 Å². The second kappa shape index (κ2) is 12.2. The summed E-state index contributed by atoms with van der Waals surface area (Å²) in [5, 5.41) is 7.14. The molecule has 3 aromatic heterocycles. The second-order valence-corrected chi connectivity index (χ2v) is 14.3. The van der Waals surface area contributed by atoms with E-state index in [-0.39, 0.29) is 17.3 Å². The molecular weight excluding hydrogens is 560 g/mol. The lowest BCUT2D eigenvalue weighted by atomic mass is 10.1. The molecule has 0 amide bonds. The number of halogens is 1. The summed E-state index contributed by atoms with van der Waals surface area (Å²) in [6.45, 7) is 5.21. The lowest BCUT2D eigenvalue weighted by Gasteiger charge is -2.26. The highest BCUT2D eigenvalue weighted by molar-refractivity contribution is 7.91. The van der Waals surface area contributed by atoms with E-state index in [1.807, 2.05) is 12.1 Å². The molecule has 218 valence electrons. The fourth-order valence-electron chi connectivity index (χ4n) is 5.84. The van der Waals surface area contributed by atoms with Crippen LogP contribution in [0.2, 0.25) is 0 Å². The van der Waals surface area contributed by atoms with Gasteiger partial charge in [0.15, 0.2) is 9.84 Å². The third kappa shape index (κ3) is 6.48. The van der Waals surface area contributed by atoms with E-state index in [4.69, 9.17) is 9.97 Å². The Labute approximate surface area is 245 Å². The average molecular weight is 597 g/mol. The molecule has 0 radical (unpaired) electrons. The normalized spacial score (nSPS) is 18.2. The summed E-state index contributed by atoms with van der Waals surface area (Å²) in [5.41, 5.74) is 3.89. The van der Waals surface area contributed by atoms with Gasteiger partial charge < -0.3 is 10.2 Å². The summed E-state index contributed by atoms with van der Waals surface area (Å²) < 4.78 is 40.3. The number of piperidine rings is 1. The number of likely N-dealkylation sites (tertiary alicyclic amines) is 1. The number of fused-ring (bicyclic) bond motifs is 1. The first-order valence-electron chi connectivity index (χ1n) is 14.5. The highest BCUT2D eigenvalue weighted by Crippen LogP contribution is 2.30. The maximum absolute atomic E-state index is 14.6. The Kier molecular flexibility index (Phi) is 8.39. The molecule has 4 aromatic rings. The van der Waals surface area contributed by atoms with Gasteiger partial charge in [0.2, 0.25) is 0 Å². The second-order valence-electron chi connectivity index (χ2n) is 11.1. The zero-order valence-electron chi connectivity index (χ0n) is 23.5. The third-order valence-electron chi connectivity index (χ3n) is 8.22. The minimum atomic E-state index is -2.88. The first-order chi connectivity index (χ1) is 19.9. The molecular formula is C30H37FN6O2S2. The van der Waals surface area contributed by atoms with Crippen LogP contribution in [0, 0.1) is 5.82 Å². The molecule has 2 aliphatic heterocycles. The van der Waals surface area contributed by atoms with Crippen LogP contribution in [0.5, 0.6) is 0 Å². The monoisotopic (exact) mass is 596 g/mol. The largest absolute Gasteiger partial charge is 0.386 e. The lowest BCUT2D eigenvalue weighted by molar-refractivity contribution is 0.220. The number of pyridine rings is 1. The number of sulfone groups is 1. The topological polar surface area (TPSA) is 83.4 Å². The van der Waals surface area contributed by atoms with E-state index in [2.05, 4.69) is 37.3 Å². The number of nitrogens with one attached hydrogen (secondary N) is 1. The van der Waals surface area contributed by atoms with Gasteiger partial charge >= 0.3 is 0 Å². The summed E-state index contributed by atoms with van der Waals surface area (Å²) in [5.74, 6) is 1.05. The lowest BCUT2D eigenvalue weighted by Crippen LogP contribution is -2.40. The zero-order chi connectivity index (χ0) is 28.4. The zero-order valence-corrected chi connectivity index (χ0v) is 25.1. The number of aryl methyl sites for hydroxylation is 1. The molecule has 1 aromatic carbocycles. The van der Waals surface area contributed by atoms with Crippen molar-refractivity contribution in [2.45, 2.75) is 38.6 Å². The number of hydrogen-bond donors (Lipinski definition) is 1. The van der Waals surface area contributed by atoms with Gasteiger partial charge in [0.05, 0.1) is 29.4 Å². The summed E-state index contributed by atoms with van der Waals surface area (Å²) in [4.78, 5) is 14.8. The highest BCUT2D eigenvalue weighted by Gasteiger charge is 2.22. The van der Waals surface area contributed by atoms with Gasteiger partial charge in [-0.1, -0.05) is 12.5 Å². The van der Waals surface area contributed by atoms with Crippen molar-refractivity contribution in [2.24, 2.45) is 0 Å². The first-order valence-corrected chi connectivity index (χ1v) is 17.2. The number of nitrogens with zero attached hydrogens (tertiary/aromatic N) is 5. The van der Waals surface area contributed by atoms with Crippen LogP contribution >= 0.6 is 11.3 Å². The fourth-order valence-corrected chi connectivity index (χ4v) is 7.93. The Morgan fingerprint density at radius 1 is 1.00 bits per heavy atom. The van der Waals surface area contributed by atoms with Gasteiger partial charge in [-0.2, -0.15) is 0 Å². The van der Waals surface area contributed by atoms with E-state index in [0.717, 1.165) is 66.4 Å².